The van der Waals surface area contributed by atoms with E-state index in [-0.39, 0.29) is 10.9 Å². The summed E-state index contributed by atoms with van der Waals surface area (Å²) in [7, 11) is -3.47. The third-order valence-corrected chi connectivity index (χ3v) is 4.84. The number of sulfonamides is 1. The van der Waals surface area contributed by atoms with Gasteiger partial charge in [-0.25, -0.2) is 13.1 Å². The van der Waals surface area contributed by atoms with Gasteiger partial charge in [-0.05, 0) is 30.5 Å². The molecule has 1 aromatic carbocycles. The predicted octanol–water partition coefficient (Wildman–Crippen LogP) is 0.972. The molecular weight excluding hydrogens is 296 g/mol. The fourth-order valence-corrected chi connectivity index (χ4v) is 3.56. The highest BCUT2D eigenvalue weighted by atomic mass is 32.2. The minimum absolute atomic E-state index is 0.0509. The summed E-state index contributed by atoms with van der Waals surface area (Å²) in [5, 5.41) is 0. The molecule has 1 fully saturated rings. The molecule has 0 spiro atoms. The number of ether oxygens (including phenoxy) is 1. The normalized spacial score (nSPS) is 17.0. The average molecular weight is 314 g/mol. The molecule has 110 valence electrons. The fourth-order valence-electron chi connectivity index (χ4n) is 2.09. The van der Waals surface area contributed by atoms with Crippen molar-refractivity contribution in [1.29, 1.82) is 0 Å². The zero-order valence-electron chi connectivity index (χ0n) is 11.0. The van der Waals surface area contributed by atoms with Crippen LogP contribution in [-0.4, -0.2) is 32.7 Å². The topological polar surface area (TPSA) is 81.4 Å². The number of rotatable bonds is 5. The molecule has 0 aromatic heterocycles. The Morgan fingerprint density at radius 1 is 1.30 bits per heavy atom. The molecule has 0 unspecified atom stereocenters. The van der Waals surface area contributed by atoms with Crippen LogP contribution in [-0.2, 0) is 21.2 Å². The van der Waals surface area contributed by atoms with Crippen LogP contribution in [0.4, 0.5) is 0 Å². The van der Waals surface area contributed by atoms with Crippen LogP contribution in [0.3, 0.4) is 0 Å². The highest BCUT2D eigenvalue weighted by Gasteiger charge is 2.21. The van der Waals surface area contributed by atoms with Crippen molar-refractivity contribution in [2.75, 3.05) is 13.2 Å². The van der Waals surface area contributed by atoms with E-state index in [2.05, 4.69) is 4.72 Å². The molecule has 1 aromatic rings. The molecule has 0 radical (unpaired) electrons. The van der Waals surface area contributed by atoms with Gasteiger partial charge in [0.1, 0.15) is 0 Å². The molecule has 0 atom stereocenters. The zero-order chi connectivity index (χ0) is 14.6. The van der Waals surface area contributed by atoms with Crippen molar-refractivity contribution < 1.29 is 13.2 Å². The maximum Gasteiger partial charge on any atom is 0.240 e. The number of nitrogens with one attached hydrogen (secondary N) is 1. The molecule has 7 heteroatoms. The van der Waals surface area contributed by atoms with Crippen LogP contribution >= 0.6 is 12.2 Å². The first-order chi connectivity index (χ1) is 9.47. The Morgan fingerprint density at radius 2 is 1.90 bits per heavy atom. The van der Waals surface area contributed by atoms with Crippen molar-refractivity contribution in [2.45, 2.75) is 30.2 Å². The van der Waals surface area contributed by atoms with E-state index in [1.165, 1.54) is 0 Å². The third kappa shape index (κ3) is 4.24. The summed E-state index contributed by atoms with van der Waals surface area (Å²) < 4.78 is 32.4. The summed E-state index contributed by atoms with van der Waals surface area (Å²) in [6.07, 6.45) is 1.89. The van der Waals surface area contributed by atoms with Gasteiger partial charge in [0, 0.05) is 25.7 Å². The Balaban J connectivity index is 2.06. The van der Waals surface area contributed by atoms with Crippen LogP contribution in [0, 0.1) is 0 Å². The lowest BCUT2D eigenvalue weighted by molar-refractivity contribution is 0.0832. The van der Waals surface area contributed by atoms with Crippen molar-refractivity contribution in [3.63, 3.8) is 0 Å². The molecule has 1 aliphatic rings. The van der Waals surface area contributed by atoms with Gasteiger partial charge in [0.2, 0.25) is 10.0 Å². The predicted molar refractivity (Wildman–Crippen MR) is 81.1 cm³/mol. The number of hydrogen-bond donors (Lipinski definition) is 2. The van der Waals surface area contributed by atoms with Gasteiger partial charge >= 0.3 is 0 Å². The maximum atomic E-state index is 12.2. The van der Waals surface area contributed by atoms with E-state index in [4.69, 9.17) is 22.7 Å². The molecule has 3 N–H and O–H groups in total. The van der Waals surface area contributed by atoms with Gasteiger partial charge in [-0.1, -0.05) is 24.4 Å². The monoisotopic (exact) mass is 314 g/mol. The molecule has 1 heterocycles. The maximum absolute atomic E-state index is 12.2. The van der Waals surface area contributed by atoms with Crippen molar-refractivity contribution in [3.8, 4) is 0 Å². The second-order valence-electron chi connectivity index (χ2n) is 4.79. The summed E-state index contributed by atoms with van der Waals surface area (Å²) in [6, 6.07) is 6.57. The first kappa shape index (κ1) is 15.4. The average Bonchev–Trinajstić information content (AvgIpc) is 2.39. The quantitative estimate of drug-likeness (QED) is 0.792. The van der Waals surface area contributed by atoms with Gasteiger partial charge in [-0.2, -0.15) is 0 Å². The summed E-state index contributed by atoms with van der Waals surface area (Å²) in [4.78, 5) is 0.650. The summed E-state index contributed by atoms with van der Waals surface area (Å²) >= 11 is 4.83. The van der Waals surface area contributed by atoms with Crippen LogP contribution in [0.1, 0.15) is 18.4 Å². The van der Waals surface area contributed by atoms with Gasteiger partial charge in [0.15, 0.2) is 0 Å². The highest BCUT2D eigenvalue weighted by Crippen LogP contribution is 2.14. The van der Waals surface area contributed by atoms with E-state index in [0.29, 0.717) is 37.5 Å². The largest absolute Gasteiger partial charge is 0.393 e. The molecule has 1 aliphatic heterocycles. The van der Waals surface area contributed by atoms with Crippen LogP contribution < -0.4 is 10.5 Å². The molecule has 5 nitrogen and oxygen atoms in total. The van der Waals surface area contributed by atoms with Crippen LogP contribution in [0.2, 0.25) is 0 Å². The van der Waals surface area contributed by atoms with Gasteiger partial charge in [0.05, 0.1) is 9.88 Å². The van der Waals surface area contributed by atoms with Gasteiger partial charge in [0.25, 0.3) is 0 Å². The van der Waals surface area contributed by atoms with Crippen molar-refractivity contribution in [2.24, 2.45) is 5.73 Å². The Labute approximate surface area is 124 Å². The van der Waals surface area contributed by atoms with Crippen LogP contribution in [0.25, 0.3) is 0 Å². The van der Waals surface area contributed by atoms with Crippen molar-refractivity contribution in [3.05, 3.63) is 29.8 Å². The molecule has 0 aliphatic carbocycles. The van der Waals surface area contributed by atoms with E-state index in [1.807, 2.05) is 0 Å². The second kappa shape index (κ2) is 6.62. The summed E-state index contributed by atoms with van der Waals surface area (Å²) in [6.45, 7) is 1.19. The van der Waals surface area contributed by atoms with E-state index in [1.54, 1.807) is 24.3 Å². The molecule has 0 saturated carbocycles. The number of nitrogens with two attached hydrogens (primary N) is 1. The van der Waals surface area contributed by atoms with Gasteiger partial charge < -0.3 is 10.5 Å². The first-order valence-corrected chi connectivity index (χ1v) is 8.34. The SMILES string of the molecule is NC(=S)Cc1ccc(S(=O)(=O)NC2CCOCC2)cc1. The number of thiocarbonyl (C=S) groups is 1. The lowest BCUT2D eigenvalue weighted by Gasteiger charge is -2.23. The van der Waals surface area contributed by atoms with Gasteiger partial charge in [-0.15, -0.1) is 0 Å². The smallest absolute Gasteiger partial charge is 0.240 e. The van der Waals surface area contributed by atoms with Crippen LogP contribution in [0.15, 0.2) is 29.2 Å². The fraction of sp³-hybridized carbons (Fsp3) is 0.462. The summed E-state index contributed by atoms with van der Waals surface area (Å²) in [5.41, 5.74) is 6.37. The molecule has 0 amide bonds. The second-order valence-corrected chi connectivity index (χ2v) is 7.03. The molecular formula is C13H18N2O3S2. The van der Waals surface area contributed by atoms with E-state index >= 15 is 0 Å². The van der Waals surface area contributed by atoms with E-state index < -0.39 is 10.0 Å². The lowest BCUT2D eigenvalue weighted by Crippen LogP contribution is -2.38. The Morgan fingerprint density at radius 3 is 2.45 bits per heavy atom. The molecule has 1 saturated heterocycles. The number of hydrogen-bond acceptors (Lipinski definition) is 4. The van der Waals surface area contributed by atoms with E-state index in [9.17, 15) is 8.42 Å². The minimum atomic E-state index is -3.47. The van der Waals surface area contributed by atoms with Crippen molar-refractivity contribution in [1.82, 2.24) is 4.72 Å². The minimum Gasteiger partial charge on any atom is -0.393 e. The van der Waals surface area contributed by atoms with E-state index in [0.717, 1.165) is 5.56 Å². The molecule has 20 heavy (non-hydrogen) atoms. The third-order valence-electron chi connectivity index (χ3n) is 3.16. The first-order valence-electron chi connectivity index (χ1n) is 6.45. The Kier molecular flexibility index (Phi) is 5.09. The van der Waals surface area contributed by atoms with Crippen molar-refractivity contribution >= 4 is 27.2 Å². The Bertz CT molecular complexity index is 564. The summed E-state index contributed by atoms with van der Waals surface area (Å²) in [5.74, 6) is 0. The molecule has 2 rings (SSSR count). The lowest BCUT2D eigenvalue weighted by atomic mass is 10.1. The zero-order valence-corrected chi connectivity index (χ0v) is 12.7. The number of benzene rings is 1. The van der Waals surface area contributed by atoms with Crippen LogP contribution in [0.5, 0.6) is 0 Å². The standard InChI is InChI=1S/C13H18N2O3S2/c14-13(19)9-10-1-3-12(4-2-10)20(16,17)15-11-5-7-18-8-6-11/h1-4,11,15H,5-9H2,(H2,14,19). The highest BCUT2D eigenvalue weighted by molar-refractivity contribution is 7.89. The van der Waals surface area contributed by atoms with Gasteiger partial charge in [-0.3, -0.25) is 0 Å². The molecule has 0 bridgehead atoms. The Hall–Kier alpha value is -1.02.